The fourth-order valence-corrected chi connectivity index (χ4v) is 2.49. The molecule has 0 unspecified atom stereocenters. The van der Waals surface area contributed by atoms with Crippen LogP contribution in [0.25, 0.3) is 22.4 Å². The fourth-order valence-electron chi connectivity index (χ4n) is 2.49. The van der Waals surface area contributed by atoms with Crippen molar-refractivity contribution in [1.82, 2.24) is 19.7 Å². The minimum absolute atomic E-state index is 0.129. The van der Waals surface area contributed by atoms with E-state index in [0.717, 1.165) is 11.1 Å². The second-order valence-corrected chi connectivity index (χ2v) is 5.56. The van der Waals surface area contributed by atoms with Crippen molar-refractivity contribution in [2.75, 3.05) is 0 Å². The maximum atomic E-state index is 12.5. The summed E-state index contributed by atoms with van der Waals surface area (Å²) in [6, 6.07) is 15.1. The molecule has 0 bridgehead atoms. The lowest BCUT2D eigenvalue weighted by molar-refractivity contribution is 0.483. The highest BCUT2D eigenvalue weighted by Crippen LogP contribution is 2.18. The summed E-state index contributed by atoms with van der Waals surface area (Å²) >= 11 is 0. The predicted molar refractivity (Wildman–Crippen MR) is 89.6 cm³/mol. The maximum absolute atomic E-state index is 12.5. The first kappa shape index (κ1) is 14.3. The van der Waals surface area contributed by atoms with Gasteiger partial charge in [0.25, 0.3) is 5.56 Å². The average molecular weight is 318 g/mol. The first-order chi connectivity index (χ1) is 11.7. The van der Waals surface area contributed by atoms with E-state index >= 15 is 0 Å². The van der Waals surface area contributed by atoms with Crippen LogP contribution in [0.2, 0.25) is 0 Å². The third-order valence-electron chi connectivity index (χ3n) is 3.80. The van der Waals surface area contributed by atoms with Crippen LogP contribution in [-0.4, -0.2) is 19.7 Å². The molecule has 0 saturated heterocycles. The summed E-state index contributed by atoms with van der Waals surface area (Å²) in [6.45, 7) is 2.21. The molecule has 24 heavy (non-hydrogen) atoms. The summed E-state index contributed by atoms with van der Waals surface area (Å²) in [5.74, 6) is 0.802. The van der Waals surface area contributed by atoms with Crippen LogP contribution in [0, 0.1) is 6.92 Å². The summed E-state index contributed by atoms with van der Waals surface area (Å²) in [7, 11) is 0. The number of aromatic nitrogens is 4. The number of hydrogen-bond acceptors (Lipinski definition) is 5. The van der Waals surface area contributed by atoms with Crippen molar-refractivity contribution in [3.05, 3.63) is 76.7 Å². The molecule has 0 aliphatic rings. The van der Waals surface area contributed by atoms with E-state index < -0.39 is 0 Å². The van der Waals surface area contributed by atoms with Gasteiger partial charge in [-0.3, -0.25) is 9.36 Å². The Balaban J connectivity index is 1.66. The average Bonchev–Trinajstić information content (AvgIpc) is 3.07. The SMILES string of the molecule is Cc1ccc(-c2nnc(Cn3cnc4ccccc4c3=O)o2)cc1. The number of aryl methyl sites for hydroxylation is 1. The zero-order valence-electron chi connectivity index (χ0n) is 13.0. The van der Waals surface area contributed by atoms with Gasteiger partial charge in [-0.05, 0) is 31.2 Å². The topological polar surface area (TPSA) is 73.8 Å². The summed E-state index contributed by atoms with van der Waals surface area (Å²) < 4.78 is 7.14. The minimum Gasteiger partial charge on any atom is -0.419 e. The fraction of sp³-hybridized carbons (Fsp3) is 0.111. The molecule has 2 aromatic carbocycles. The second-order valence-electron chi connectivity index (χ2n) is 5.56. The molecular weight excluding hydrogens is 304 g/mol. The largest absolute Gasteiger partial charge is 0.419 e. The number of rotatable bonds is 3. The highest BCUT2D eigenvalue weighted by Gasteiger charge is 2.11. The lowest BCUT2D eigenvalue weighted by Crippen LogP contribution is -2.21. The summed E-state index contributed by atoms with van der Waals surface area (Å²) in [5.41, 5.74) is 2.55. The van der Waals surface area contributed by atoms with Crippen LogP contribution < -0.4 is 5.56 Å². The van der Waals surface area contributed by atoms with Crippen molar-refractivity contribution in [3.8, 4) is 11.5 Å². The summed E-state index contributed by atoms with van der Waals surface area (Å²) in [6.07, 6.45) is 1.50. The van der Waals surface area contributed by atoms with E-state index in [-0.39, 0.29) is 12.1 Å². The van der Waals surface area contributed by atoms with Crippen LogP contribution >= 0.6 is 0 Å². The van der Waals surface area contributed by atoms with Crippen LogP contribution in [0.15, 0.2) is 64.1 Å². The Kier molecular flexibility index (Phi) is 3.42. The molecule has 0 aliphatic carbocycles. The van der Waals surface area contributed by atoms with Crippen molar-refractivity contribution < 1.29 is 4.42 Å². The number of para-hydroxylation sites is 1. The molecule has 6 nitrogen and oxygen atoms in total. The Hall–Kier alpha value is -3.28. The van der Waals surface area contributed by atoms with E-state index in [2.05, 4.69) is 15.2 Å². The molecular formula is C18H14N4O2. The predicted octanol–water partition coefficient (Wildman–Crippen LogP) is 2.80. The molecule has 0 fully saturated rings. The molecule has 118 valence electrons. The summed E-state index contributed by atoms with van der Waals surface area (Å²) in [5, 5.41) is 8.65. The van der Waals surface area contributed by atoms with Gasteiger partial charge in [-0.2, -0.15) is 0 Å². The molecule has 4 aromatic rings. The third kappa shape index (κ3) is 2.58. The van der Waals surface area contributed by atoms with Crippen LogP contribution in [0.4, 0.5) is 0 Å². The van der Waals surface area contributed by atoms with E-state index in [4.69, 9.17) is 4.42 Å². The molecule has 0 aliphatic heterocycles. The second kappa shape index (κ2) is 5.73. The Labute approximate surface area is 137 Å². The van der Waals surface area contributed by atoms with E-state index in [1.807, 2.05) is 49.4 Å². The standard InChI is InChI=1S/C18H14N4O2/c1-12-6-8-13(9-7-12)17-21-20-16(24-17)10-22-11-19-15-5-3-2-4-14(15)18(22)23/h2-9,11H,10H2,1H3. The first-order valence-corrected chi connectivity index (χ1v) is 7.54. The quantitative estimate of drug-likeness (QED) is 0.581. The third-order valence-corrected chi connectivity index (χ3v) is 3.80. The molecule has 6 heteroatoms. The normalized spacial score (nSPS) is 11.0. The van der Waals surface area contributed by atoms with Gasteiger partial charge in [-0.15, -0.1) is 10.2 Å². The van der Waals surface area contributed by atoms with Crippen molar-refractivity contribution >= 4 is 10.9 Å². The van der Waals surface area contributed by atoms with Crippen LogP contribution in [-0.2, 0) is 6.54 Å². The van der Waals surface area contributed by atoms with Crippen molar-refractivity contribution in [3.63, 3.8) is 0 Å². The molecule has 0 N–H and O–H groups in total. The zero-order chi connectivity index (χ0) is 16.5. The lowest BCUT2D eigenvalue weighted by Gasteiger charge is -2.03. The van der Waals surface area contributed by atoms with Gasteiger partial charge in [0.2, 0.25) is 11.8 Å². The van der Waals surface area contributed by atoms with Gasteiger partial charge in [0.15, 0.2) is 0 Å². The number of fused-ring (bicyclic) bond motifs is 1. The molecule has 0 amide bonds. The molecule has 0 spiro atoms. The monoisotopic (exact) mass is 318 g/mol. The van der Waals surface area contributed by atoms with E-state index in [9.17, 15) is 4.79 Å². The molecule has 2 aromatic heterocycles. The van der Waals surface area contributed by atoms with E-state index in [1.165, 1.54) is 10.9 Å². The van der Waals surface area contributed by atoms with Crippen molar-refractivity contribution in [2.45, 2.75) is 13.5 Å². The maximum Gasteiger partial charge on any atom is 0.261 e. The van der Waals surface area contributed by atoms with Gasteiger partial charge in [0.05, 0.1) is 17.2 Å². The van der Waals surface area contributed by atoms with E-state index in [0.29, 0.717) is 22.7 Å². The molecule has 0 saturated carbocycles. The zero-order valence-corrected chi connectivity index (χ0v) is 13.0. The molecule has 2 heterocycles. The minimum atomic E-state index is -0.129. The highest BCUT2D eigenvalue weighted by molar-refractivity contribution is 5.76. The van der Waals surface area contributed by atoms with Crippen LogP contribution in [0.1, 0.15) is 11.5 Å². The summed E-state index contributed by atoms with van der Waals surface area (Å²) in [4.78, 5) is 16.8. The Bertz CT molecular complexity index is 1060. The van der Waals surface area contributed by atoms with Crippen LogP contribution in [0.5, 0.6) is 0 Å². The molecule has 4 rings (SSSR count). The Morgan fingerprint density at radius 1 is 1.04 bits per heavy atom. The number of hydrogen-bond donors (Lipinski definition) is 0. The first-order valence-electron chi connectivity index (χ1n) is 7.54. The Morgan fingerprint density at radius 3 is 2.67 bits per heavy atom. The number of nitrogens with zero attached hydrogens (tertiary/aromatic N) is 4. The van der Waals surface area contributed by atoms with Gasteiger partial charge >= 0.3 is 0 Å². The molecule has 0 radical (unpaired) electrons. The van der Waals surface area contributed by atoms with Gasteiger partial charge in [-0.25, -0.2) is 4.98 Å². The number of benzene rings is 2. The van der Waals surface area contributed by atoms with E-state index in [1.54, 1.807) is 6.07 Å². The van der Waals surface area contributed by atoms with Gasteiger partial charge in [0.1, 0.15) is 6.54 Å². The Morgan fingerprint density at radius 2 is 1.83 bits per heavy atom. The molecule has 0 atom stereocenters. The highest BCUT2D eigenvalue weighted by atomic mass is 16.4. The van der Waals surface area contributed by atoms with Crippen molar-refractivity contribution in [1.29, 1.82) is 0 Å². The van der Waals surface area contributed by atoms with Crippen LogP contribution in [0.3, 0.4) is 0 Å². The smallest absolute Gasteiger partial charge is 0.261 e. The van der Waals surface area contributed by atoms with Crippen molar-refractivity contribution in [2.24, 2.45) is 0 Å². The van der Waals surface area contributed by atoms with Gasteiger partial charge < -0.3 is 4.42 Å². The van der Waals surface area contributed by atoms with Gasteiger partial charge in [-0.1, -0.05) is 29.8 Å². The lowest BCUT2D eigenvalue weighted by atomic mass is 10.1. The van der Waals surface area contributed by atoms with Gasteiger partial charge in [0, 0.05) is 5.56 Å².